The molecule has 1 aromatic carbocycles. The Bertz CT molecular complexity index is 683. The fourth-order valence-corrected chi connectivity index (χ4v) is 5.29. The number of aliphatic imine (C=N–C) groups is 1. The van der Waals surface area contributed by atoms with Crippen LogP contribution in [0.4, 0.5) is 11.4 Å². The highest BCUT2D eigenvalue weighted by Crippen LogP contribution is 2.26. The molecule has 8 heteroatoms. The number of amidine groups is 1. The second-order valence-electron chi connectivity index (χ2n) is 8.15. The first-order valence-corrected chi connectivity index (χ1v) is 12.5. The first-order chi connectivity index (χ1) is 14.6. The third-order valence-electron chi connectivity index (χ3n) is 5.89. The molecule has 0 amide bonds. The third kappa shape index (κ3) is 7.72. The molecular weight excluding hydrogens is 414 g/mol. The number of thioether (sulfide) groups is 1. The van der Waals surface area contributed by atoms with Crippen LogP contribution in [0.1, 0.15) is 38.5 Å². The van der Waals surface area contributed by atoms with Gasteiger partial charge in [-0.3, -0.25) is 4.90 Å². The number of benzene rings is 1. The molecule has 1 aliphatic heterocycles. The molecule has 2 fully saturated rings. The van der Waals surface area contributed by atoms with Crippen LogP contribution in [0.5, 0.6) is 0 Å². The number of aliphatic hydroxyl groups excluding tert-OH is 1. The molecule has 0 spiro atoms. The van der Waals surface area contributed by atoms with Gasteiger partial charge in [-0.25, -0.2) is 0 Å². The first kappa shape index (κ1) is 23.3. The number of nitrogens with zero attached hydrogens (tertiary/aromatic N) is 3. The highest BCUT2D eigenvalue weighted by atomic mass is 32.2. The maximum atomic E-state index is 8.98. The molecule has 0 radical (unpaired) electrons. The van der Waals surface area contributed by atoms with Crippen LogP contribution in [0.15, 0.2) is 29.3 Å². The Kier molecular flexibility index (Phi) is 9.71. The van der Waals surface area contributed by atoms with Gasteiger partial charge in [-0.2, -0.15) is 4.99 Å². The van der Waals surface area contributed by atoms with Gasteiger partial charge in [-0.15, -0.1) is 0 Å². The Balaban J connectivity index is 1.41. The second-order valence-corrected chi connectivity index (χ2v) is 9.57. The Morgan fingerprint density at radius 3 is 2.50 bits per heavy atom. The molecule has 0 bridgehead atoms. The molecule has 1 aliphatic carbocycles. The Morgan fingerprint density at radius 1 is 1.13 bits per heavy atom. The van der Waals surface area contributed by atoms with E-state index in [1.165, 1.54) is 37.8 Å². The molecule has 1 aromatic rings. The van der Waals surface area contributed by atoms with E-state index < -0.39 is 0 Å². The van der Waals surface area contributed by atoms with Crippen molar-refractivity contribution in [1.29, 1.82) is 0 Å². The topological polar surface area (TPSA) is 77.1 Å². The highest BCUT2D eigenvalue weighted by Gasteiger charge is 2.17. The van der Waals surface area contributed by atoms with Gasteiger partial charge < -0.3 is 21.1 Å². The molecule has 6 nitrogen and oxygen atoms in total. The summed E-state index contributed by atoms with van der Waals surface area (Å²) in [6.07, 6.45) is 7.54. The Hall–Kier alpha value is -1.35. The molecule has 1 saturated carbocycles. The van der Waals surface area contributed by atoms with Crippen LogP contribution >= 0.6 is 24.0 Å². The van der Waals surface area contributed by atoms with Crippen molar-refractivity contribution in [3.05, 3.63) is 24.3 Å². The molecule has 3 rings (SSSR count). The molecule has 166 valence electrons. The monoisotopic (exact) mass is 449 g/mol. The van der Waals surface area contributed by atoms with Crippen LogP contribution in [0.3, 0.4) is 0 Å². The number of thiocarbonyl (C=S) groups is 1. The maximum Gasteiger partial charge on any atom is 0.199 e. The van der Waals surface area contributed by atoms with Gasteiger partial charge in [-0.05, 0) is 61.7 Å². The molecule has 1 heterocycles. The summed E-state index contributed by atoms with van der Waals surface area (Å²) in [7, 11) is 0. The average Bonchev–Trinajstić information content (AvgIpc) is 2.78. The van der Waals surface area contributed by atoms with Crippen LogP contribution in [-0.2, 0) is 0 Å². The lowest BCUT2D eigenvalue weighted by molar-refractivity contribution is 0.216. The fraction of sp³-hybridized carbons (Fsp3) is 0.636. The Labute approximate surface area is 190 Å². The third-order valence-corrected chi connectivity index (χ3v) is 7.11. The molecule has 0 unspecified atom stereocenters. The van der Waals surface area contributed by atoms with E-state index in [2.05, 4.69) is 32.2 Å². The molecule has 4 N–H and O–H groups in total. The van der Waals surface area contributed by atoms with Crippen molar-refractivity contribution in [1.82, 2.24) is 4.90 Å². The van der Waals surface area contributed by atoms with Crippen molar-refractivity contribution in [2.45, 2.75) is 38.5 Å². The summed E-state index contributed by atoms with van der Waals surface area (Å²) in [6.45, 7) is 5.34. The van der Waals surface area contributed by atoms with Gasteiger partial charge in [0.15, 0.2) is 10.3 Å². The van der Waals surface area contributed by atoms with Crippen LogP contribution in [0.2, 0.25) is 0 Å². The van der Waals surface area contributed by atoms with Crippen molar-refractivity contribution in [2.75, 3.05) is 55.3 Å². The van der Waals surface area contributed by atoms with Crippen LogP contribution in [0, 0.1) is 5.92 Å². The van der Waals surface area contributed by atoms with Crippen molar-refractivity contribution < 1.29 is 5.11 Å². The van der Waals surface area contributed by atoms with E-state index >= 15 is 0 Å². The average molecular weight is 450 g/mol. The molecule has 2 aliphatic rings. The van der Waals surface area contributed by atoms with E-state index in [0.29, 0.717) is 10.3 Å². The number of anilines is 2. The highest BCUT2D eigenvalue weighted by molar-refractivity contribution is 8.13. The van der Waals surface area contributed by atoms with Gasteiger partial charge in [-0.1, -0.05) is 31.0 Å². The minimum atomic E-state index is 0.269. The van der Waals surface area contributed by atoms with Crippen molar-refractivity contribution in [2.24, 2.45) is 16.6 Å². The number of aliphatic hydroxyl groups is 1. The van der Waals surface area contributed by atoms with E-state index in [-0.39, 0.29) is 6.61 Å². The number of hydrogen-bond donors (Lipinski definition) is 3. The van der Waals surface area contributed by atoms with Gasteiger partial charge in [0.25, 0.3) is 0 Å². The van der Waals surface area contributed by atoms with E-state index in [4.69, 9.17) is 23.1 Å². The zero-order valence-electron chi connectivity index (χ0n) is 17.8. The van der Waals surface area contributed by atoms with Gasteiger partial charge >= 0.3 is 0 Å². The van der Waals surface area contributed by atoms with Gasteiger partial charge in [0, 0.05) is 56.5 Å². The molecular formula is C22H35N5OS2. The van der Waals surface area contributed by atoms with E-state index in [1.807, 2.05) is 12.1 Å². The van der Waals surface area contributed by atoms with Gasteiger partial charge in [0.05, 0.1) is 0 Å². The summed E-state index contributed by atoms with van der Waals surface area (Å²) in [4.78, 5) is 9.16. The number of nitrogens with two attached hydrogens (primary N) is 1. The summed E-state index contributed by atoms with van der Waals surface area (Å²) < 4.78 is 0. The SMILES string of the molecule is N/C(=N\C(=S)Nc1ccc(N2CCN(CCCO)CC2)cc1)SCC1CCCCC1. The smallest absolute Gasteiger partial charge is 0.199 e. The molecule has 30 heavy (non-hydrogen) atoms. The Morgan fingerprint density at radius 2 is 1.83 bits per heavy atom. The summed E-state index contributed by atoms with van der Waals surface area (Å²) in [5, 5.41) is 13.1. The van der Waals surface area contributed by atoms with Crippen molar-refractivity contribution in [3.8, 4) is 0 Å². The predicted molar refractivity (Wildman–Crippen MR) is 134 cm³/mol. The largest absolute Gasteiger partial charge is 0.396 e. The van der Waals surface area contributed by atoms with Crippen molar-refractivity contribution in [3.63, 3.8) is 0 Å². The lowest BCUT2D eigenvalue weighted by Gasteiger charge is -2.36. The second kappa shape index (κ2) is 12.5. The lowest BCUT2D eigenvalue weighted by Crippen LogP contribution is -2.46. The number of piperazine rings is 1. The lowest BCUT2D eigenvalue weighted by atomic mass is 9.91. The standard InChI is InChI=1S/C22H35N5OS2/c23-21(30-17-18-5-2-1-3-6-18)25-22(29)24-19-7-9-20(10-8-19)27-14-12-26(13-15-27)11-4-16-28/h7-10,18,28H,1-6,11-17H2,(H3,23,24,25,29). The zero-order chi connectivity index (χ0) is 21.2. The minimum Gasteiger partial charge on any atom is -0.396 e. The molecule has 1 saturated heterocycles. The summed E-state index contributed by atoms with van der Waals surface area (Å²) >= 11 is 6.99. The summed E-state index contributed by atoms with van der Waals surface area (Å²) in [5.74, 6) is 1.81. The quantitative estimate of drug-likeness (QED) is 0.334. The molecule has 0 atom stereocenters. The van der Waals surface area contributed by atoms with Gasteiger partial charge in [0.2, 0.25) is 0 Å². The summed E-state index contributed by atoms with van der Waals surface area (Å²) in [5.41, 5.74) is 8.22. The number of rotatable bonds is 7. The number of nitrogens with one attached hydrogen (secondary N) is 1. The van der Waals surface area contributed by atoms with E-state index in [9.17, 15) is 0 Å². The first-order valence-electron chi connectivity index (χ1n) is 11.1. The van der Waals surface area contributed by atoms with Gasteiger partial charge in [0.1, 0.15) is 0 Å². The zero-order valence-corrected chi connectivity index (χ0v) is 19.4. The maximum absolute atomic E-state index is 8.98. The van der Waals surface area contributed by atoms with Crippen molar-refractivity contribution >= 4 is 45.6 Å². The fourth-order valence-electron chi connectivity index (χ4n) is 4.12. The van der Waals surface area contributed by atoms with Crippen LogP contribution in [0.25, 0.3) is 0 Å². The summed E-state index contributed by atoms with van der Waals surface area (Å²) in [6, 6.07) is 8.33. The number of hydrogen-bond acceptors (Lipinski definition) is 5. The molecule has 0 aromatic heterocycles. The van der Waals surface area contributed by atoms with Crippen LogP contribution < -0.4 is 16.0 Å². The predicted octanol–water partition coefficient (Wildman–Crippen LogP) is 3.52. The van der Waals surface area contributed by atoms with Crippen LogP contribution in [-0.4, -0.2) is 65.4 Å². The van der Waals surface area contributed by atoms with E-state index in [1.54, 1.807) is 11.8 Å². The minimum absolute atomic E-state index is 0.269. The normalized spacial score (nSPS) is 19.1. The van der Waals surface area contributed by atoms with E-state index in [0.717, 1.165) is 56.5 Å².